The lowest BCUT2D eigenvalue weighted by atomic mass is 10.0. The van der Waals surface area contributed by atoms with Crippen molar-refractivity contribution >= 4 is 28.9 Å². The Morgan fingerprint density at radius 2 is 1.76 bits per heavy atom. The van der Waals surface area contributed by atoms with Crippen LogP contribution in [-0.2, 0) is 6.42 Å². The normalized spacial score (nSPS) is 12.2. The van der Waals surface area contributed by atoms with Crippen molar-refractivity contribution in [3.8, 4) is 0 Å². The lowest BCUT2D eigenvalue weighted by Gasteiger charge is -2.30. The number of hydrogen-bond donors (Lipinski definition) is 1. The van der Waals surface area contributed by atoms with Gasteiger partial charge in [-0.05, 0) is 55.3 Å². The number of rotatable bonds is 5. The van der Waals surface area contributed by atoms with Gasteiger partial charge >= 0.3 is 0 Å². The molecule has 0 fully saturated rings. The zero-order valence-electron chi connectivity index (χ0n) is 12.3. The third kappa shape index (κ3) is 3.70. The molecule has 0 spiro atoms. The third-order valence-corrected chi connectivity index (χ3v) is 4.41. The molecule has 0 saturated heterocycles. The van der Waals surface area contributed by atoms with E-state index in [1.54, 1.807) is 0 Å². The Morgan fingerprint density at radius 1 is 1.10 bits per heavy atom. The van der Waals surface area contributed by atoms with E-state index >= 15 is 0 Å². The maximum Gasteiger partial charge on any atom is 0.0511 e. The number of nitrogens with two attached hydrogens (primary N) is 1. The van der Waals surface area contributed by atoms with Gasteiger partial charge in [-0.1, -0.05) is 41.4 Å². The molecule has 0 aliphatic heterocycles. The van der Waals surface area contributed by atoms with E-state index in [-0.39, 0.29) is 6.04 Å². The monoisotopic (exact) mass is 322 g/mol. The maximum absolute atomic E-state index is 6.32. The molecule has 0 saturated carbocycles. The van der Waals surface area contributed by atoms with Gasteiger partial charge in [0.05, 0.1) is 6.04 Å². The molecule has 0 amide bonds. The van der Waals surface area contributed by atoms with Gasteiger partial charge in [-0.3, -0.25) is 0 Å². The van der Waals surface area contributed by atoms with Crippen LogP contribution in [-0.4, -0.2) is 13.6 Å². The van der Waals surface area contributed by atoms with E-state index < -0.39 is 0 Å². The quantitative estimate of drug-likeness (QED) is 0.865. The van der Waals surface area contributed by atoms with Crippen LogP contribution in [0.25, 0.3) is 0 Å². The first kappa shape index (κ1) is 16.2. The second-order valence-electron chi connectivity index (χ2n) is 5.11. The van der Waals surface area contributed by atoms with Crippen LogP contribution in [0.2, 0.25) is 10.0 Å². The number of hydrogen-bond acceptors (Lipinski definition) is 2. The molecule has 2 aromatic carbocycles. The minimum absolute atomic E-state index is 0.220. The highest BCUT2D eigenvalue weighted by Gasteiger charge is 2.16. The summed E-state index contributed by atoms with van der Waals surface area (Å²) in [6, 6.07) is 14.1. The SMILES string of the molecule is CC(c1ccc(Cl)cc1)N(C)c1cccc(Cl)c1CCN. The fourth-order valence-electron chi connectivity index (χ4n) is 2.44. The standard InChI is InChI=1S/C17H20Cl2N2/c1-12(13-6-8-14(18)9-7-13)21(2)17-5-3-4-16(19)15(17)10-11-20/h3-9,12H,10-11,20H2,1-2H3. The summed E-state index contributed by atoms with van der Waals surface area (Å²) in [5.74, 6) is 0. The molecule has 21 heavy (non-hydrogen) atoms. The van der Waals surface area contributed by atoms with Crippen LogP contribution in [0.3, 0.4) is 0 Å². The van der Waals surface area contributed by atoms with Crippen LogP contribution < -0.4 is 10.6 Å². The first-order valence-electron chi connectivity index (χ1n) is 7.00. The van der Waals surface area contributed by atoms with Gasteiger partial charge in [0, 0.05) is 22.8 Å². The fraction of sp³-hybridized carbons (Fsp3) is 0.294. The summed E-state index contributed by atoms with van der Waals surface area (Å²) in [6.45, 7) is 2.75. The van der Waals surface area contributed by atoms with Crippen molar-refractivity contribution < 1.29 is 0 Å². The zero-order chi connectivity index (χ0) is 15.4. The van der Waals surface area contributed by atoms with Gasteiger partial charge in [0.1, 0.15) is 0 Å². The molecule has 1 unspecified atom stereocenters. The predicted octanol–water partition coefficient (Wildman–Crippen LogP) is 4.69. The van der Waals surface area contributed by atoms with E-state index in [2.05, 4.69) is 37.1 Å². The van der Waals surface area contributed by atoms with Crippen molar-refractivity contribution in [3.63, 3.8) is 0 Å². The predicted molar refractivity (Wildman–Crippen MR) is 92.5 cm³/mol. The summed E-state index contributed by atoms with van der Waals surface area (Å²) in [5, 5.41) is 1.52. The summed E-state index contributed by atoms with van der Waals surface area (Å²) >= 11 is 12.3. The largest absolute Gasteiger partial charge is 0.368 e. The Bertz CT molecular complexity index is 596. The molecular formula is C17H20Cl2N2. The summed E-state index contributed by atoms with van der Waals surface area (Å²) in [5.41, 5.74) is 9.14. The first-order valence-corrected chi connectivity index (χ1v) is 7.76. The van der Waals surface area contributed by atoms with Crippen molar-refractivity contribution in [2.45, 2.75) is 19.4 Å². The molecule has 0 aliphatic rings. The summed E-state index contributed by atoms with van der Waals surface area (Å²) in [7, 11) is 2.07. The van der Waals surface area contributed by atoms with Crippen LogP contribution in [0.1, 0.15) is 24.1 Å². The average Bonchev–Trinajstić information content (AvgIpc) is 2.49. The molecule has 0 aliphatic carbocycles. The molecule has 0 bridgehead atoms. The molecule has 0 aromatic heterocycles. The van der Waals surface area contributed by atoms with Gasteiger partial charge in [-0.2, -0.15) is 0 Å². The molecule has 0 heterocycles. The number of anilines is 1. The van der Waals surface area contributed by atoms with Crippen molar-refractivity contribution in [1.82, 2.24) is 0 Å². The Balaban J connectivity index is 2.32. The van der Waals surface area contributed by atoms with Gasteiger partial charge in [0.2, 0.25) is 0 Å². The second kappa shape index (κ2) is 7.17. The molecule has 2 aromatic rings. The van der Waals surface area contributed by atoms with Gasteiger partial charge in [-0.15, -0.1) is 0 Å². The Kier molecular flexibility index (Phi) is 5.51. The zero-order valence-corrected chi connectivity index (χ0v) is 13.8. The second-order valence-corrected chi connectivity index (χ2v) is 5.96. The summed E-state index contributed by atoms with van der Waals surface area (Å²) in [4.78, 5) is 2.22. The molecule has 2 N–H and O–H groups in total. The Morgan fingerprint density at radius 3 is 2.38 bits per heavy atom. The smallest absolute Gasteiger partial charge is 0.0511 e. The molecule has 112 valence electrons. The van der Waals surface area contributed by atoms with Crippen LogP contribution in [0.4, 0.5) is 5.69 Å². The molecular weight excluding hydrogens is 303 g/mol. The van der Waals surface area contributed by atoms with E-state index in [0.29, 0.717) is 6.54 Å². The van der Waals surface area contributed by atoms with E-state index in [0.717, 1.165) is 27.7 Å². The van der Waals surface area contributed by atoms with Gasteiger partial charge in [-0.25, -0.2) is 0 Å². The number of benzene rings is 2. The average molecular weight is 323 g/mol. The van der Waals surface area contributed by atoms with Gasteiger partial charge < -0.3 is 10.6 Å². The van der Waals surface area contributed by atoms with Crippen molar-refractivity contribution in [3.05, 3.63) is 63.6 Å². The van der Waals surface area contributed by atoms with Crippen LogP contribution in [0, 0.1) is 0 Å². The topological polar surface area (TPSA) is 29.3 Å². The highest BCUT2D eigenvalue weighted by Crippen LogP contribution is 2.32. The minimum atomic E-state index is 0.220. The first-order chi connectivity index (χ1) is 10.0. The van der Waals surface area contributed by atoms with Crippen molar-refractivity contribution in [1.29, 1.82) is 0 Å². The maximum atomic E-state index is 6.32. The minimum Gasteiger partial charge on any atom is -0.368 e. The van der Waals surface area contributed by atoms with Gasteiger partial charge in [0.15, 0.2) is 0 Å². The molecule has 2 nitrogen and oxygen atoms in total. The van der Waals surface area contributed by atoms with E-state index in [1.165, 1.54) is 5.56 Å². The van der Waals surface area contributed by atoms with E-state index in [1.807, 2.05) is 24.3 Å². The Labute approximate surface area is 136 Å². The molecule has 2 rings (SSSR count). The van der Waals surface area contributed by atoms with Crippen molar-refractivity contribution in [2.24, 2.45) is 5.73 Å². The summed E-state index contributed by atoms with van der Waals surface area (Å²) in [6.07, 6.45) is 0.771. The number of halogens is 2. The Hall–Kier alpha value is -1.22. The van der Waals surface area contributed by atoms with Crippen molar-refractivity contribution in [2.75, 3.05) is 18.5 Å². The third-order valence-electron chi connectivity index (χ3n) is 3.80. The fourth-order valence-corrected chi connectivity index (χ4v) is 2.83. The molecule has 4 heteroatoms. The highest BCUT2D eigenvalue weighted by molar-refractivity contribution is 6.31. The molecule has 1 atom stereocenters. The van der Waals surface area contributed by atoms with E-state index in [9.17, 15) is 0 Å². The van der Waals surface area contributed by atoms with Crippen LogP contribution in [0.5, 0.6) is 0 Å². The summed E-state index contributed by atoms with van der Waals surface area (Å²) < 4.78 is 0. The lowest BCUT2D eigenvalue weighted by molar-refractivity contribution is 0.734. The van der Waals surface area contributed by atoms with Gasteiger partial charge in [0.25, 0.3) is 0 Å². The lowest BCUT2D eigenvalue weighted by Crippen LogP contribution is -2.23. The highest BCUT2D eigenvalue weighted by atomic mass is 35.5. The van der Waals surface area contributed by atoms with Crippen LogP contribution in [0.15, 0.2) is 42.5 Å². The molecule has 0 radical (unpaired) electrons. The van der Waals surface area contributed by atoms with Crippen LogP contribution >= 0.6 is 23.2 Å². The van der Waals surface area contributed by atoms with E-state index in [4.69, 9.17) is 28.9 Å². The number of nitrogens with zero attached hydrogens (tertiary/aromatic N) is 1.